The zero-order valence-electron chi connectivity index (χ0n) is 11.2. The lowest BCUT2D eigenvalue weighted by Crippen LogP contribution is -2.42. The van der Waals surface area contributed by atoms with Crippen LogP contribution in [0.1, 0.15) is 23.2 Å². The Hall–Kier alpha value is -2.09. The summed E-state index contributed by atoms with van der Waals surface area (Å²) in [7, 11) is 0. The molecule has 0 bridgehead atoms. The van der Waals surface area contributed by atoms with Gasteiger partial charge in [0.25, 0.3) is 11.6 Å². The van der Waals surface area contributed by atoms with Crippen LogP contribution < -0.4 is 5.32 Å². The van der Waals surface area contributed by atoms with Gasteiger partial charge < -0.3 is 10.4 Å². The van der Waals surface area contributed by atoms with Crippen molar-refractivity contribution in [2.75, 3.05) is 6.26 Å². The SMILES string of the molecule is CSc1ccc([N+](=O)[O-])c(C(=O)NC(C(=O)O)C2CC2)c1. The van der Waals surface area contributed by atoms with Gasteiger partial charge in [0, 0.05) is 11.0 Å². The number of rotatable bonds is 6. The number of hydrogen-bond donors (Lipinski definition) is 2. The second-order valence-electron chi connectivity index (χ2n) is 4.77. The van der Waals surface area contributed by atoms with Gasteiger partial charge in [0.05, 0.1) is 4.92 Å². The van der Waals surface area contributed by atoms with E-state index in [4.69, 9.17) is 5.11 Å². The second kappa shape index (κ2) is 6.13. The highest BCUT2D eigenvalue weighted by molar-refractivity contribution is 7.98. The molecule has 1 unspecified atom stereocenters. The first-order chi connectivity index (χ1) is 9.93. The molecular formula is C13H14N2O5S. The summed E-state index contributed by atoms with van der Waals surface area (Å²) in [6.45, 7) is 0. The minimum absolute atomic E-state index is 0.0887. The van der Waals surface area contributed by atoms with Crippen LogP contribution in [-0.2, 0) is 4.79 Å². The quantitative estimate of drug-likeness (QED) is 0.472. The van der Waals surface area contributed by atoms with Gasteiger partial charge in [0.2, 0.25) is 0 Å². The van der Waals surface area contributed by atoms with Gasteiger partial charge in [0.15, 0.2) is 0 Å². The smallest absolute Gasteiger partial charge is 0.326 e. The fraction of sp³-hybridized carbons (Fsp3) is 0.385. The van der Waals surface area contributed by atoms with Crippen molar-refractivity contribution in [3.8, 4) is 0 Å². The minimum Gasteiger partial charge on any atom is -0.480 e. The molecule has 1 aliphatic carbocycles. The molecule has 0 spiro atoms. The number of thioether (sulfide) groups is 1. The van der Waals surface area contributed by atoms with Gasteiger partial charge >= 0.3 is 5.97 Å². The van der Waals surface area contributed by atoms with E-state index >= 15 is 0 Å². The lowest BCUT2D eigenvalue weighted by atomic mass is 10.1. The normalized spacial score (nSPS) is 15.3. The summed E-state index contributed by atoms with van der Waals surface area (Å²) in [5.74, 6) is -1.93. The molecule has 1 saturated carbocycles. The number of benzene rings is 1. The molecule has 2 N–H and O–H groups in total. The van der Waals surface area contributed by atoms with Gasteiger partial charge in [-0.2, -0.15) is 0 Å². The van der Waals surface area contributed by atoms with Crippen molar-refractivity contribution in [3.63, 3.8) is 0 Å². The Kier molecular flexibility index (Phi) is 4.46. The Morgan fingerprint density at radius 2 is 2.14 bits per heavy atom. The molecule has 0 aromatic heterocycles. The van der Waals surface area contributed by atoms with Crippen LogP contribution in [-0.4, -0.2) is 34.2 Å². The van der Waals surface area contributed by atoms with Gasteiger partial charge in [-0.05, 0) is 37.1 Å². The van der Waals surface area contributed by atoms with E-state index < -0.39 is 22.8 Å². The van der Waals surface area contributed by atoms with E-state index in [-0.39, 0.29) is 17.2 Å². The summed E-state index contributed by atoms with van der Waals surface area (Å²) in [5.41, 5.74) is -0.441. The molecule has 1 aromatic rings. The van der Waals surface area contributed by atoms with Crippen LogP contribution in [0.25, 0.3) is 0 Å². The van der Waals surface area contributed by atoms with E-state index in [1.807, 2.05) is 0 Å². The Balaban J connectivity index is 2.28. The zero-order chi connectivity index (χ0) is 15.6. The van der Waals surface area contributed by atoms with Crippen molar-refractivity contribution in [1.29, 1.82) is 0 Å². The molecule has 0 saturated heterocycles. The number of aliphatic carboxylic acids is 1. The first-order valence-electron chi connectivity index (χ1n) is 6.30. The van der Waals surface area contributed by atoms with Gasteiger partial charge in [-0.1, -0.05) is 0 Å². The predicted molar refractivity (Wildman–Crippen MR) is 76.5 cm³/mol. The van der Waals surface area contributed by atoms with E-state index in [2.05, 4.69) is 5.32 Å². The van der Waals surface area contributed by atoms with E-state index in [0.717, 1.165) is 12.8 Å². The van der Waals surface area contributed by atoms with Crippen LogP contribution in [0.3, 0.4) is 0 Å². The highest BCUT2D eigenvalue weighted by Crippen LogP contribution is 2.33. The molecule has 1 fully saturated rings. The summed E-state index contributed by atoms with van der Waals surface area (Å²) in [4.78, 5) is 34.4. The molecule has 0 radical (unpaired) electrons. The third-order valence-electron chi connectivity index (χ3n) is 3.29. The number of nitrogens with zero attached hydrogens (tertiary/aromatic N) is 1. The molecular weight excluding hydrogens is 296 g/mol. The largest absolute Gasteiger partial charge is 0.480 e. The number of carbonyl (C=O) groups is 2. The van der Waals surface area contributed by atoms with Gasteiger partial charge in [-0.15, -0.1) is 11.8 Å². The van der Waals surface area contributed by atoms with Gasteiger partial charge in [0.1, 0.15) is 11.6 Å². The molecule has 7 nitrogen and oxygen atoms in total. The van der Waals surface area contributed by atoms with E-state index in [1.165, 1.54) is 23.9 Å². The van der Waals surface area contributed by atoms with Gasteiger partial charge in [-0.25, -0.2) is 4.79 Å². The maximum Gasteiger partial charge on any atom is 0.326 e. The number of nitro benzene ring substituents is 1. The maximum atomic E-state index is 12.2. The number of nitrogens with one attached hydrogen (secondary N) is 1. The fourth-order valence-corrected chi connectivity index (χ4v) is 2.45. The van der Waals surface area contributed by atoms with Crippen LogP contribution in [0.5, 0.6) is 0 Å². The number of nitro groups is 1. The van der Waals surface area contributed by atoms with Crippen LogP contribution in [0.15, 0.2) is 23.1 Å². The molecule has 21 heavy (non-hydrogen) atoms. The summed E-state index contributed by atoms with van der Waals surface area (Å²) in [6.07, 6.45) is 3.27. The van der Waals surface area contributed by atoms with Crippen molar-refractivity contribution in [2.45, 2.75) is 23.8 Å². The summed E-state index contributed by atoms with van der Waals surface area (Å²) < 4.78 is 0. The van der Waals surface area contributed by atoms with Crippen molar-refractivity contribution in [1.82, 2.24) is 5.32 Å². The number of carboxylic acid groups (broad SMARTS) is 1. The van der Waals surface area contributed by atoms with Crippen LogP contribution >= 0.6 is 11.8 Å². The average Bonchev–Trinajstić information content (AvgIpc) is 3.27. The summed E-state index contributed by atoms with van der Waals surface area (Å²) in [5, 5.41) is 22.5. The number of carboxylic acids is 1. The lowest BCUT2D eigenvalue weighted by Gasteiger charge is -2.14. The van der Waals surface area contributed by atoms with Crippen LogP contribution in [0.4, 0.5) is 5.69 Å². The minimum atomic E-state index is -1.12. The second-order valence-corrected chi connectivity index (χ2v) is 5.65. The monoisotopic (exact) mass is 310 g/mol. The van der Waals surface area contributed by atoms with Crippen LogP contribution in [0, 0.1) is 16.0 Å². The van der Waals surface area contributed by atoms with Crippen molar-refractivity contribution >= 4 is 29.3 Å². The highest BCUT2D eigenvalue weighted by Gasteiger charge is 2.38. The molecule has 112 valence electrons. The predicted octanol–water partition coefficient (Wildman–Crippen LogP) is 1.91. The van der Waals surface area contributed by atoms with Gasteiger partial charge in [-0.3, -0.25) is 14.9 Å². The molecule has 1 aromatic carbocycles. The molecule has 8 heteroatoms. The molecule has 0 aliphatic heterocycles. The Morgan fingerprint density at radius 1 is 1.48 bits per heavy atom. The standard InChI is InChI=1S/C13H14N2O5S/c1-21-8-4-5-10(15(19)20)9(6-8)12(16)14-11(13(17)18)7-2-3-7/h4-7,11H,2-3H2,1H3,(H,14,16)(H,17,18). The average molecular weight is 310 g/mol. The molecule has 1 aliphatic rings. The first kappa shape index (κ1) is 15.3. The first-order valence-corrected chi connectivity index (χ1v) is 7.52. The van der Waals surface area contributed by atoms with E-state index in [0.29, 0.717) is 4.90 Å². The lowest BCUT2D eigenvalue weighted by molar-refractivity contribution is -0.385. The van der Waals surface area contributed by atoms with E-state index in [9.17, 15) is 19.7 Å². The number of hydrogen-bond acceptors (Lipinski definition) is 5. The fourth-order valence-electron chi connectivity index (χ4n) is 2.01. The van der Waals surface area contributed by atoms with Crippen molar-refractivity contribution < 1.29 is 19.6 Å². The van der Waals surface area contributed by atoms with Crippen LogP contribution in [0.2, 0.25) is 0 Å². The highest BCUT2D eigenvalue weighted by atomic mass is 32.2. The Labute approximate surface area is 124 Å². The number of carbonyl (C=O) groups excluding carboxylic acids is 1. The maximum absolute atomic E-state index is 12.2. The molecule has 0 heterocycles. The Bertz CT molecular complexity index is 600. The third kappa shape index (κ3) is 3.52. The molecule has 1 atom stereocenters. The molecule has 2 rings (SSSR count). The zero-order valence-corrected chi connectivity index (χ0v) is 12.1. The summed E-state index contributed by atoms with van der Waals surface area (Å²) >= 11 is 1.35. The summed E-state index contributed by atoms with van der Waals surface area (Å²) in [6, 6.07) is 3.22. The number of amides is 1. The van der Waals surface area contributed by atoms with E-state index in [1.54, 1.807) is 12.3 Å². The van der Waals surface area contributed by atoms with Crippen molar-refractivity contribution in [2.24, 2.45) is 5.92 Å². The third-order valence-corrected chi connectivity index (χ3v) is 4.02. The topological polar surface area (TPSA) is 110 Å². The molecule has 1 amide bonds. The Morgan fingerprint density at radius 3 is 2.62 bits per heavy atom. The van der Waals surface area contributed by atoms with Crippen molar-refractivity contribution in [3.05, 3.63) is 33.9 Å².